The van der Waals surface area contributed by atoms with Crippen LogP contribution in [0.15, 0.2) is 30.6 Å². The van der Waals surface area contributed by atoms with Crippen LogP contribution in [-0.4, -0.2) is 48.1 Å². The Kier molecular flexibility index (Phi) is 5.55. The number of piperidine rings is 1. The minimum Gasteiger partial charge on any atom is -0.497 e. The molecule has 1 N–H and O–H groups in total. The number of carbonyl (C=O) groups excluding carboxylic acids is 1. The molecule has 138 valence electrons. The van der Waals surface area contributed by atoms with E-state index in [-0.39, 0.29) is 5.91 Å². The zero-order valence-corrected chi connectivity index (χ0v) is 15.4. The number of ether oxygens (including phenoxy) is 2. The van der Waals surface area contributed by atoms with E-state index >= 15 is 0 Å². The first-order valence-corrected chi connectivity index (χ1v) is 8.71. The van der Waals surface area contributed by atoms with Crippen molar-refractivity contribution >= 4 is 17.4 Å². The molecular formula is C19H24N4O3. The van der Waals surface area contributed by atoms with E-state index < -0.39 is 0 Å². The number of aromatic nitrogens is 2. The van der Waals surface area contributed by atoms with Crippen LogP contribution in [0.5, 0.6) is 11.5 Å². The zero-order chi connectivity index (χ0) is 18.5. The molecule has 0 saturated carbocycles. The average Bonchev–Trinajstić information content (AvgIpc) is 2.69. The Labute approximate surface area is 153 Å². The lowest BCUT2D eigenvalue weighted by Gasteiger charge is -2.29. The van der Waals surface area contributed by atoms with Crippen molar-refractivity contribution < 1.29 is 14.3 Å². The summed E-state index contributed by atoms with van der Waals surface area (Å²) in [4.78, 5) is 23.0. The highest BCUT2D eigenvalue weighted by atomic mass is 16.5. The van der Waals surface area contributed by atoms with Crippen LogP contribution >= 0.6 is 0 Å². The third kappa shape index (κ3) is 4.04. The van der Waals surface area contributed by atoms with E-state index in [0.29, 0.717) is 28.9 Å². The predicted molar refractivity (Wildman–Crippen MR) is 99.2 cm³/mol. The van der Waals surface area contributed by atoms with Crippen LogP contribution in [0.3, 0.4) is 0 Å². The lowest BCUT2D eigenvalue weighted by Crippen LogP contribution is -2.38. The van der Waals surface area contributed by atoms with E-state index in [9.17, 15) is 4.79 Å². The van der Waals surface area contributed by atoms with Gasteiger partial charge in [-0.1, -0.05) is 6.92 Å². The predicted octanol–water partition coefficient (Wildman–Crippen LogP) is 3.11. The minimum atomic E-state index is -0.0574. The molecule has 0 aliphatic carbocycles. The van der Waals surface area contributed by atoms with E-state index in [1.54, 1.807) is 26.5 Å². The van der Waals surface area contributed by atoms with E-state index in [4.69, 9.17) is 9.47 Å². The molecule has 0 atom stereocenters. The maximum absolute atomic E-state index is 12.5. The van der Waals surface area contributed by atoms with Gasteiger partial charge in [0.25, 0.3) is 5.91 Å². The van der Waals surface area contributed by atoms with Gasteiger partial charge in [-0.15, -0.1) is 0 Å². The molecule has 7 heteroatoms. The van der Waals surface area contributed by atoms with E-state index in [0.717, 1.165) is 31.6 Å². The maximum Gasteiger partial charge on any atom is 0.274 e. The van der Waals surface area contributed by atoms with Crippen LogP contribution in [0.4, 0.5) is 11.5 Å². The molecule has 1 aromatic heterocycles. The standard InChI is InChI=1S/C19H24N4O3/c1-13-6-8-23(9-7-13)19(24)16-11-21-18(12-20-16)22-15-5-4-14(25-2)10-17(15)26-3/h4-5,10-13H,6-9H2,1-3H3,(H,21,22). The van der Waals surface area contributed by atoms with Crippen molar-refractivity contribution in [2.75, 3.05) is 32.6 Å². The fraction of sp³-hybridized carbons (Fsp3) is 0.421. The van der Waals surface area contributed by atoms with Gasteiger partial charge in [-0.25, -0.2) is 9.97 Å². The van der Waals surface area contributed by atoms with Gasteiger partial charge in [-0.2, -0.15) is 0 Å². The Morgan fingerprint density at radius 1 is 1.15 bits per heavy atom. The summed E-state index contributed by atoms with van der Waals surface area (Å²) in [6.45, 7) is 3.78. The first-order chi connectivity index (χ1) is 12.6. The Bertz CT molecular complexity index is 756. The van der Waals surface area contributed by atoms with E-state index in [2.05, 4.69) is 22.2 Å². The maximum atomic E-state index is 12.5. The molecule has 2 aromatic rings. The van der Waals surface area contributed by atoms with Crippen LogP contribution in [0.2, 0.25) is 0 Å². The Balaban J connectivity index is 1.69. The monoisotopic (exact) mass is 356 g/mol. The summed E-state index contributed by atoms with van der Waals surface area (Å²) < 4.78 is 10.5. The number of amides is 1. The van der Waals surface area contributed by atoms with Crippen molar-refractivity contribution in [2.24, 2.45) is 5.92 Å². The number of benzene rings is 1. The van der Waals surface area contributed by atoms with Gasteiger partial charge in [0.1, 0.15) is 23.0 Å². The summed E-state index contributed by atoms with van der Waals surface area (Å²) in [5.74, 6) is 2.50. The molecule has 1 aliphatic rings. The van der Waals surface area contributed by atoms with Gasteiger partial charge < -0.3 is 19.7 Å². The lowest BCUT2D eigenvalue weighted by atomic mass is 9.99. The van der Waals surface area contributed by atoms with Crippen molar-refractivity contribution in [3.8, 4) is 11.5 Å². The van der Waals surface area contributed by atoms with Crippen molar-refractivity contribution in [1.82, 2.24) is 14.9 Å². The molecule has 1 saturated heterocycles. The summed E-state index contributed by atoms with van der Waals surface area (Å²) in [6.07, 6.45) is 5.15. The number of rotatable bonds is 5. The number of nitrogens with one attached hydrogen (secondary N) is 1. The molecular weight excluding hydrogens is 332 g/mol. The zero-order valence-electron chi connectivity index (χ0n) is 15.4. The van der Waals surface area contributed by atoms with Crippen molar-refractivity contribution in [2.45, 2.75) is 19.8 Å². The fourth-order valence-corrected chi connectivity index (χ4v) is 2.92. The Morgan fingerprint density at radius 2 is 1.92 bits per heavy atom. The van der Waals surface area contributed by atoms with Crippen LogP contribution in [-0.2, 0) is 0 Å². The van der Waals surface area contributed by atoms with Crippen LogP contribution in [0.25, 0.3) is 0 Å². The van der Waals surface area contributed by atoms with Crippen LogP contribution < -0.4 is 14.8 Å². The third-order valence-corrected chi connectivity index (χ3v) is 4.61. The smallest absolute Gasteiger partial charge is 0.274 e. The highest BCUT2D eigenvalue weighted by molar-refractivity contribution is 5.92. The van der Waals surface area contributed by atoms with Gasteiger partial charge in [0.05, 0.1) is 32.3 Å². The number of hydrogen-bond acceptors (Lipinski definition) is 6. The molecule has 1 fully saturated rings. The average molecular weight is 356 g/mol. The summed E-state index contributed by atoms with van der Waals surface area (Å²) in [5, 5.41) is 3.15. The first kappa shape index (κ1) is 18.0. The molecule has 1 aromatic carbocycles. The fourth-order valence-electron chi connectivity index (χ4n) is 2.92. The van der Waals surface area contributed by atoms with Crippen molar-refractivity contribution in [3.63, 3.8) is 0 Å². The van der Waals surface area contributed by atoms with Crippen LogP contribution in [0, 0.1) is 5.92 Å². The molecule has 2 heterocycles. The topological polar surface area (TPSA) is 76.6 Å². The summed E-state index contributed by atoms with van der Waals surface area (Å²) in [5.41, 5.74) is 1.11. The first-order valence-electron chi connectivity index (χ1n) is 8.71. The second-order valence-corrected chi connectivity index (χ2v) is 6.45. The quantitative estimate of drug-likeness (QED) is 0.887. The molecule has 0 bridgehead atoms. The van der Waals surface area contributed by atoms with E-state index in [1.807, 2.05) is 17.0 Å². The van der Waals surface area contributed by atoms with E-state index in [1.165, 1.54) is 6.20 Å². The minimum absolute atomic E-state index is 0.0574. The van der Waals surface area contributed by atoms with Gasteiger partial charge in [0, 0.05) is 19.2 Å². The van der Waals surface area contributed by atoms with Crippen molar-refractivity contribution in [3.05, 3.63) is 36.3 Å². The van der Waals surface area contributed by atoms with Gasteiger partial charge >= 0.3 is 0 Å². The normalized spacial score (nSPS) is 14.8. The molecule has 0 radical (unpaired) electrons. The molecule has 3 rings (SSSR count). The summed E-state index contributed by atoms with van der Waals surface area (Å²) >= 11 is 0. The highest BCUT2D eigenvalue weighted by Crippen LogP contribution is 2.30. The lowest BCUT2D eigenvalue weighted by molar-refractivity contribution is 0.0691. The molecule has 1 aliphatic heterocycles. The number of carbonyl (C=O) groups is 1. The molecule has 0 spiro atoms. The highest BCUT2D eigenvalue weighted by Gasteiger charge is 2.22. The van der Waals surface area contributed by atoms with Crippen LogP contribution in [0.1, 0.15) is 30.3 Å². The molecule has 7 nitrogen and oxygen atoms in total. The third-order valence-electron chi connectivity index (χ3n) is 4.61. The molecule has 1 amide bonds. The number of anilines is 2. The van der Waals surface area contributed by atoms with Gasteiger partial charge in [-0.3, -0.25) is 4.79 Å². The second kappa shape index (κ2) is 8.03. The second-order valence-electron chi connectivity index (χ2n) is 6.45. The van der Waals surface area contributed by atoms with Gasteiger partial charge in [-0.05, 0) is 30.9 Å². The number of methoxy groups -OCH3 is 2. The number of hydrogen-bond donors (Lipinski definition) is 1. The molecule has 26 heavy (non-hydrogen) atoms. The van der Waals surface area contributed by atoms with Crippen molar-refractivity contribution in [1.29, 1.82) is 0 Å². The number of nitrogens with zero attached hydrogens (tertiary/aromatic N) is 3. The summed E-state index contributed by atoms with van der Waals surface area (Å²) in [7, 11) is 3.19. The number of likely N-dealkylation sites (tertiary alicyclic amines) is 1. The molecule has 0 unspecified atom stereocenters. The Hall–Kier alpha value is -2.83. The summed E-state index contributed by atoms with van der Waals surface area (Å²) in [6, 6.07) is 5.45. The largest absolute Gasteiger partial charge is 0.497 e. The van der Waals surface area contributed by atoms with Gasteiger partial charge in [0.15, 0.2) is 0 Å². The van der Waals surface area contributed by atoms with Gasteiger partial charge in [0.2, 0.25) is 0 Å². The Morgan fingerprint density at radius 3 is 2.54 bits per heavy atom. The SMILES string of the molecule is COc1ccc(Nc2cnc(C(=O)N3CCC(C)CC3)cn2)c(OC)c1.